The molecule has 2 rings (SSSR count). The van der Waals surface area contributed by atoms with E-state index in [9.17, 15) is 0 Å². The summed E-state index contributed by atoms with van der Waals surface area (Å²) < 4.78 is 0. The number of nitrogens with zero attached hydrogens (tertiary/aromatic N) is 3. The standard InChI is InChI=1S/C14H16N4/c1-2-18(10-4-8-15)13-7-6-12(16)14-11(13)5-3-9-17-14/h3,5-7,9H,2,4,10,16H2,1H3. The molecule has 4 heteroatoms. The number of anilines is 2. The van der Waals surface area contributed by atoms with E-state index in [1.807, 2.05) is 24.3 Å². The molecule has 0 amide bonds. The molecule has 92 valence electrons. The molecule has 2 N–H and O–H groups in total. The Morgan fingerprint density at radius 1 is 1.39 bits per heavy atom. The number of rotatable bonds is 4. The Bertz CT molecular complexity index is 586. The van der Waals surface area contributed by atoms with Crippen molar-refractivity contribution in [3.63, 3.8) is 0 Å². The highest BCUT2D eigenvalue weighted by molar-refractivity contribution is 5.98. The van der Waals surface area contributed by atoms with Crippen LogP contribution in [0.25, 0.3) is 10.9 Å². The maximum atomic E-state index is 8.71. The zero-order chi connectivity index (χ0) is 13.0. The number of nitriles is 1. The predicted octanol–water partition coefficient (Wildman–Crippen LogP) is 2.56. The lowest BCUT2D eigenvalue weighted by Crippen LogP contribution is -2.23. The molecule has 0 aliphatic carbocycles. The zero-order valence-corrected chi connectivity index (χ0v) is 10.4. The fourth-order valence-electron chi connectivity index (χ4n) is 2.09. The highest BCUT2D eigenvalue weighted by Crippen LogP contribution is 2.29. The fraction of sp³-hybridized carbons (Fsp3) is 0.286. The zero-order valence-electron chi connectivity index (χ0n) is 10.4. The van der Waals surface area contributed by atoms with E-state index in [1.165, 1.54) is 0 Å². The van der Waals surface area contributed by atoms with Crippen molar-refractivity contribution in [2.75, 3.05) is 23.7 Å². The van der Waals surface area contributed by atoms with Gasteiger partial charge in [-0.25, -0.2) is 0 Å². The van der Waals surface area contributed by atoms with Crippen molar-refractivity contribution in [1.82, 2.24) is 4.98 Å². The van der Waals surface area contributed by atoms with Crippen molar-refractivity contribution < 1.29 is 0 Å². The van der Waals surface area contributed by atoms with Crippen molar-refractivity contribution in [3.8, 4) is 6.07 Å². The van der Waals surface area contributed by atoms with Gasteiger partial charge in [0.05, 0.1) is 23.7 Å². The van der Waals surface area contributed by atoms with Gasteiger partial charge in [0, 0.05) is 30.4 Å². The summed E-state index contributed by atoms with van der Waals surface area (Å²) in [6.45, 7) is 3.66. The smallest absolute Gasteiger partial charge is 0.0951 e. The molecule has 2 aromatic rings. The predicted molar refractivity (Wildman–Crippen MR) is 74.3 cm³/mol. The lowest BCUT2D eigenvalue weighted by molar-refractivity contribution is 0.830. The molecule has 1 aromatic carbocycles. The molecule has 0 aliphatic rings. The normalized spacial score (nSPS) is 10.2. The summed E-state index contributed by atoms with van der Waals surface area (Å²) in [5, 5.41) is 9.75. The second-order valence-electron chi connectivity index (χ2n) is 4.06. The largest absolute Gasteiger partial charge is 0.397 e. The molecular weight excluding hydrogens is 224 g/mol. The van der Waals surface area contributed by atoms with Crippen LogP contribution in [0, 0.1) is 11.3 Å². The molecule has 0 saturated heterocycles. The molecule has 0 fully saturated rings. The van der Waals surface area contributed by atoms with Gasteiger partial charge in [0.1, 0.15) is 0 Å². The number of pyridine rings is 1. The van der Waals surface area contributed by atoms with Crippen LogP contribution in [0.5, 0.6) is 0 Å². The van der Waals surface area contributed by atoms with E-state index in [0.29, 0.717) is 12.1 Å². The SMILES string of the molecule is CCN(CCC#N)c1ccc(N)c2ncccc12. The Kier molecular flexibility index (Phi) is 3.63. The molecule has 18 heavy (non-hydrogen) atoms. The average Bonchev–Trinajstić information content (AvgIpc) is 2.42. The second-order valence-corrected chi connectivity index (χ2v) is 4.06. The van der Waals surface area contributed by atoms with Crippen LogP contribution in [0.1, 0.15) is 13.3 Å². The molecule has 4 nitrogen and oxygen atoms in total. The minimum Gasteiger partial charge on any atom is -0.397 e. The van der Waals surface area contributed by atoms with E-state index in [0.717, 1.165) is 29.7 Å². The summed E-state index contributed by atoms with van der Waals surface area (Å²) in [5.74, 6) is 0. The van der Waals surface area contributed by atoms with Gasteiger partial charge >= 0.3 is 0 Å². The minimum atomic E-state index is 0.514. The Morgan fingerprint density at radius 3 is 2.94 bits per heavy atom. The summed E-state index contributed by atoms with van der Waals surface area (Å²) in [5.41, 5.74) is 8.53. The quantitative estimate of drug-likeness (QED) is 0.834. The lowest BCUT2D eigenvalue weighted by Gasteiger charge is -2.23. The summed E-state index contributed by atoms with van der Waals surface area (Å²) in [6.07, 6.45) is 2.26. The number of nitrogen functional groups attached to an aromatic ring is 1. The first-order valence-corrected chi connectivity index (χ1v) is 6.03. The van der Waals surface area contributed by atoms with Gasteiger partial charge in [-0.2, -0.15) is 5.26 Å². The van der Waals surface area contributed by atoms with Gasteiger partial charge < -0.3 is 10.6 Å². The van der Waals surface area contributed by atoms with Gasteiger partial charge in [-0.3, -0.25) is 4.98 Å². The highest BCUT2D eigenvalue weighted by atomic mass is 15.1. The molecule has 0 bridgehead atoms. The van der Waals surface area contributed by atoms with Crippen molar-refractivity contribution in [2.24, 2.45) is 0 Å². The molecule has 0 spiro atoms. The van der Waals surface area contributed by atoms with E-state index in [1.54, 1.807) is 6.20 Å². The van der Waals surface area contributed by atoms with E-state index in [4.69, 9.17) is 11.0 Å². The summed E-state index contributed by atoms with van der Waals surface area (Å²) in [7, 11) is 0. The number of aromatic nitrogens is 1. The van der Waals surface area contributed by atoms with E-state index in [-0.39, 0.29) is 0 Å². The van der Waals surface area contributed by atoms with Crippen molar-refractivity contribution in [1.29, 1.82) is 5.26 Å². The Labute approximate surface area is 107 Å². The van der Waals surface area contributed by atoms with Crippen molar-refractivity contribution >= 4 is 22.3 Å². The Hall–Kier alpha value is -2.28. The van der Waals surface area contributed by atoms with Crippen LogP contribution >= 0.6 is 0 Å². The maximum absolute atomic E-state index is 8.71. The third kappa shape index (κ3) is 2.21. The first kappa shape index (κ1) is 12.2. The molecule has 0 unspecified atom stereocenters. The van der Waals surface area contributed by atoms with Gasteiger partial charge in [0.25, 0.3) is 0 Å². The van der Waals surface area contributed by atoms with Crippen molar-refractivity contribution in [2.45, 2.75) is 13.3 Å². The summed E-state index contributed by atoms with van der Waals surface area (Å²) in [6, 6.07) is 9.98. The van der Waals surface area contributed by atoms with Crippen molar-refractivity contribution in [3.05, 3.63) is 30.5 Å². The first-order valence-electron chi connectivity index (χ1n) is 6.03. The summed E-state index contributed by atoms with van der Waals surface area (Å²) in [4.78, 5) is 6.49. The van der Waals surface area contributed by atoms with Gasteiger partial charge in [0.15, 0.2) is 0 Å². The highest BCUT2D eigenvalue weighted by Gasteiger charge is 2.10. The van der Waals surface area contributed by atoms with Crippen LogP contribution in [0.15, 0.2) is 30.5 Å². The van der Waals surface area contributed by atoms with E-state index < -0.39 is 0 Å². The third-order valence-electron chi connectivity index (χ3n) is 2.99. The van der Waals surface area contributed by atoms with Crippen LogP contribution in [0.3, 0.4) is 0 Å². The van der Waals surface area contributed by atoms with Gasteiger partial charge in [0.2, 0.25) is 0 Å². The van der Waals surface area contributed by atoms with Crippen LogP contribution in [-0.4, -0.2) is 18.1 Å². The average molecular weight is 240 g/mol. The maximum Gasteiger partial charge on any atom is 0.0951 e. The number of nitrogens with two attached hydrogens (primary N) is 1. The monoisotopic (exact) mass is 240 g/mol. The minimum absolute atomic E-state index is 0.514. The molecule has 0 atom stereocenters. The number of hydrogen-bond acceptors (Lipinski definition) is 4. The topological polar surface area (TPSA) is 65.9 Å². The molecule has 0 radical (unpaired) electrons. The number of benzene rings is 1. The second kappa shape index (κ2) is 5.37. The molecule has 1 heterocycles. The first-order chi connectivity index (χ1) is 8.77. The van der Waals surface area contributed by atoms with Crippen LogP contribution in [-0.2, 0) is 0 Å². The van der Waals surface area contributed by atoms with Gasteiger partial charge in [-0.05, 0) is 31.2 Å². The van der Waals surface area contributed by atoms with Crippen LogP contribution in [0.2, 0.25) is 0 Å². The Morgan fingerprint density at radius 2 is 2.22 bits per heavy atom. The Balaban J connectivity index is 2.50. The fourth-order valence-corrected chi connectivity index (χ4v) is 2.09. The molecule has 0 aliphatic heterocycles. The number of hydrogen-bond donors (Lipinski definition) is 1. The number of fused-ring (bicyclic) bond motifs is 1. The van der Waals surface area contributed by atoms with E-state index >= 15 is 0 Å². The molecule has 0 saturated carbocycles. The van der Waals surface area contributed by atoms with Gasteiger partial charge in [-0.1, -0.05) is 0 Å². The van der Waals surface area contributed by atoms with E-state index in [2.05, 4.69) is 22.9 Å². The van der Waals surface area contributed by atoms with Gasteiger partial charge in [-0.15, -0.1) is 0 Å². The molecular formula is C14H16N4. The third-order valence-corrected chi connectivity index (χ3v) is 2.99. The summed E-state index contributed by atoms with van der Waals surface area (Å²) >= 11 is 0. The lowest BCUT2D eigenvalue weighted by atomic mass is 10.1. The van der Waals surface area contributed by atoms with Crippen LogP contribution in [0.4, 0.5) is 11.4 Å². The van der Waals surface area contributed by atoms with Crippen LogP contribution < -0.4 is 10.6 Å². The molecule has 1 aromatic heterocycles.